The quantitative estimate of drug-likeness (QED) is 0.781. The first kappa shape index (κ1) is 16.0. The summed E-state index contributed by atoms with van der Waals surface area (Å²) in [5.74, 6) is -0.253. The summed E-state index contributed by atoms with van der Waals surface area (Å²) < 4.78 is 11.1. The summed E-state index contributed by atoms with van der Waals surface area (Å²) in [6.45, 7) is 8.90. The van der Waals surface area contributed by atoms with Crippen molar-refractivity contribution >= 4 is 5.97 Å². The number of nitrogens with zero attached hydrogens (tertiary/aromatic N) is 1. The minimum atomic E-state index is -0.134. The highest BCUT2D eigenvalue weighted by atomic mass is 16.5. The second-order valence-electron chi connectivity index (χ2n) is 5.97. The van der Waals surface area contributed by atoms with Crippen LogP contribution in [0.25, 0.3) is 0 Å². The Morgan fingerprint density at radius 2 is 1.90 bits per heavy atom. The van der Waals surface area contributed by atoms with Crippen molar-refractivity contribution in [1.82, 2.24) is 4.90 Å². The van der Waals surface area contributed by atoms with E-state index in [1.165, 1.54) is 0 Å². The maximum Gasteiger partial charge on any atom is 0.310 e. The summed E-state index contributed by atoms with van der Waals surface area (Å²) in [5.41, 5.74) is 1.02. The van der Waals surface area contributed by atoms with Crippen molar-refractivity contribution in [1.29, 1.82) is 0 Å². The minimum absolute atomic E-state index is 0.119. The van der Waals surface area contributed by atoms with Gasteiger partial charge in [-0.05, 0) is 19.4 Å². The van der Waals surface area contributed by atoms with E-state index < -0.39 is 0 Å². The number of hydrogen-bond donors (Lipinski definition) is 0. The molecule has 0 amide bonds. The van der Waals surface area contributed by atoms with E-state index in [2.05, 4.69) is 18.7 Å². The molecule has 0 aliphatic carbocycles. The van der Waals surface area contributed by atoms with Crippen molar-refractivity contribution in [2.24, 2.45) is 5.92 Å². The van der Waals surface area contributed by atoms with Crippen LogP contribution in [0, 0.1) is 5.92 Å². The van der Waals surface area contributed by atoms with Crippen LogP contribution in [0.2, 0.25) is 0 Å². The van der Waals surface area contributed by atoms with Crippen molar-refractivity contribution in [2.45, 2.75) is 39.6 Å². The second-order valence-corrected chi connectivity index (χ2v) is 5.97. The smallest absolute Gasteiger partial charge is 0.310 e. The van der Waals surface area contributed by atoms with E-state index in [-0.39, 0.29) is 24.1 Å². The standard InChI is InChI=1S/C17H25NO3/c1-13(9-18-10-14(2)21-15(3)11-18)17(19)20-12-16-7-5-4-6-8-16/h4-8,13-15H,9-12H2,1-3H3/t13?,14-,15+. The van der Waals surface area contributed by atoms with Gasteiger partial charge in [0.15, 0.2) is 0 Å². The summed E-state index contributed by atoms with van der Waals surface area (Å²) in [6.07, 6.45) is 0.447. The molecule has 0 radical (unpaired) electrons. The molecular formula is C17H25NO3. The third-order valence-electron chi connectivity index (χ3n) is 3.65. The van der Waals surface area contributed by atoms with Crippen LogP contribution in [0.1, 0.15) is 26.3 Å². The van der Waals surface area contributed by atoms with Crippen molar-refractivity contribution in [3.05, 3.63) is 35.9 Å². The predicted octanol–water partition coefficient (Wildman–Crippen LogP) is 2.48. The fraction of sp³-hybridized carbons (Fsp3) is 0.588. The molecule has 0 spiro atoms. The molecule has 1 aromatic carbocycles. The number of rotatable bonds is 5. The Morgan fingerprint density at radius 3 is 2.52 bits per heavy atom. The molecule has 1 aromatic rings. The summed E-state index contributed by atoms with van der Waals surface area (Å²) in [6, 6.07) is 9.77. The number of hydrogen-bond acceptors (Lipinski definition) is 4. The Morgan fingerprint density at radius 1 is 1.29 bits per heavy atom. The van der Waals surface area contributed by atoms with Crippen LogP contribution in [0.4, 0.5) is 0 Å². The molecule has 1 saturated heterocycles. The van der Waals surface area contributed by atoms with Gasteiger partial charge in [-0.1, -0.05) is 37.3 Å². The largest absolute Gasteiger partial charge is 0.461 e. The molecule has 21 heavy (non-hydrogen) atoms. The zero-order valence-corrected chi connectivity index (χ0v) is 13.1. The first-order valence-electron chi connectivity index (χ1n) is 7.63. The van der Waals surface area contributed by atoms with Gasteiger partial charge in [-0.2, -0.15) is 0 Å². The predicted molar refractivity (Wildman–Crippen MR) is 81.9 cm³/mol. The van der Waals surface area contributed by atoms with Gasteiger partial charge in [0.2, 0.25) is 0 Å². The topological polar surface area (TPSA) is 38.8 Å². The summed E-state index contributed by atoms with van der Waals surface area (Å²) in [4.78, 5) is 14.4. The minimum Gasteiger partial charge on any atom is -0.461 e. The molecule has 0 bridgehead atoms. The van der Waals surface area contributed by atoms with Crippen molar-refractivity contribution in [3.8, 4) is 0 Å². The van der Waals surface area contributed by atoms with Gasteiger partial charge in [-0.3, -0.25) is 9.69 Å². The molecule has 0 aromatic heterocycles. The van der Waals surface area contributed by atoms with Crippen LogP contribution in [0.3, 0.4) is 0 Å². The zero-order valence-electron chi connectivity index (χ0n) is 13.1. The monoisotopic (exact) mass is 291 g/mol. The summed E-state index contributed by atoms with van der Waals surface area (Å²) in [5, 5.41) is 0. The van der Waals surface area contributed by atoms with E-state index in [4.69, 9.17) is 9.47 Å². The molecule has 1 unspecified atom stereocenters. The highest BCUT2D eigenvalue weighted by Crippen LogP contribution is 2.13. The van der Waals surface area contributed by atoms with Gasteiger partial charge >= 0.3 is 5.97 Å². The fourth-order valence-corrected chi connectivity index (χ4v) is 2.77. The van der Waals surface area contributed by atoms with Crippen LogP contribution >= 0.6 is 0 Å². The van der Waals surface area contributed by atoms with Gasteiger partial charge in [0, 0.05) is 19.6 Å². The molecule has 2 rings (SSSR count). The number of carbonyl (C=O) groups excluding carboxylic acids is 1. The number of benzene rings is 1. The summed E-state index contributed by atoms with van der Waals surface area (Å²) >= 11 is 0. The first-order valence-corrected chi connectivity index (χ1v) is 7.63. The first-order chi connectivity index (χ1) is 10.0. The van der Waals surface area contributed by atoms with E-state index in [0.29, 0.717) is 6.61 Å². The lowest BCUT2D eigenvalue weighted by molar-refractivity contribution is -0.151. The molecule has 0 N–H and O–H groups in total. The Bertz CT molecular complexity index is 439. The number of esters is 1. The van der Waals surface area contributed by atoms with E-state index in [9.17, 15) is 4.79 Å². The Kier molecular flexibility index (Phi) is 5.76. The van der Waals surface area contributed by atoms with Gasteiger partial charge in [0.1, 0.15) is 6.61 Å². The lowest BCUT2D eigenvalue weighted by Gasteiger charge is -2.36. The van der Waals surface area contributed by atoms with Gasteiger partial charge in [0.25, 0.3) is 0 Å². The SMILES string of the molecule is CC(CN1C[C@@H](C)O[C@@H](C)C1)C(=O)OCc1ccccc1. The van der Waals surface area contributed by atoms with Gasteiger partial charge in [-0.25, -0.2) is 0 Å². The van der Waals surface area contributed by atoms with Crippen LogP contribution in [0.15, 0.2) is 30.3 Å². The van der Waals surface area contributed by atoms with Crippen molar-refractivity contribution in [3.63, 3.8) is 0 Å². The Hall–Kier alpha value is -1.39. The van der Waals surface area contributed by atoms with Crippen LogP contribution in [-0.4, -0.2) is 42.7 Å². The molecule has 1 aliphatic rings. The maximum atomic E-state index is 12.1. The van der Waals surface area contributed by atoms with Gasteiger partial charge in [0.05, 0.1) is 18.1 Å². The fourth-order valence-electron chi connectivity index (χ4n) is 2.77. The molecule has 4 heteroatoms. The van der Waals surface area contributed by atoms with E-state index in [0.717, 1.165) is 25.2 Å². The molecule has 1 heterocycles. The molecular weight excluding hydrogens is 266 g/mol. The number of carbonyl (C=O) groups is 1. The number of ether oxygens (including phenoxy) is 2. The van der Waals surface area contributed by atoms with E-state index in [1.807, 2.05) is 37.3 Å². The van der Waals surface area contributed by atoms with Crippen LogP contribution < -0.4 is 0 Å². The second kappa shape index (κ2) is 7.57. The third-order valence-corrected chi connectivity index (χ3v) is 3.65. The normalized spacial score (nSPS) is 24.5. The highest BCUT2D eigenvalue weighted by Gasteiger charge is 2.25. The average molecular weight is 291 g/mol. The molecule has 1 fully saturated rings. The van der Waals surface area contributed by atoms with E-state index >= 15 is 0 Å². The Labute approximate surface area is 127 Å². The van der Waals surface area contributed by atoms with Gasteiger partial charge in [-0.15, -0.1) is 0 Å². The molecule has 4 nitrogen and oxygen atoms in total. The Balaban J connectivity index is 1.77. The molecule has 3 atom stereocenters. The maximum absolute atomic E-state index is 12.1. The third kappa shape index (κ3) is 5.14. The lowest BCUT2D eigenvalue weighted by Crippen LogP contribution is -2.47. The average Bonchev–Trinajstić information content (AvgIpc) is 2.44. The highest BCUT2D eigenvalue weighted by molar-refractivity contribution is 5.72. The van der Waals surface area contributed by atoms with E-state index in [1.54, 1.807) is 0 Å². The zero-order chi connectivity index (χ0) is 15.2. The van der Waals surface area contributed by atoms with Crippen LogP contribution in [-0.2, 0) is 20.9 Å². The summed E-state index contributed by atoms with van der Waals surface area (Å²) in [7, 11) is 0. The molecule has 1 aliphatic heterocycles. The van der Waals surface area contributed by atoms with Crippen molar-refractivity contribution < 1.29 is 14.3 Å². The molecule has 0 saturated carbocycles. The van der Waals surface area contributed by atoms with Crippen LogP contribution in [0.5, 0.6) is 0 Å². The van der Waals surface area contributed by atoms with Crippen molar-refractivity contribution in [2.75, 3.05) is 19.6 Å². The lowest BCUT2D eigenvalue weighted by atomic mass is 10.1. The van der Waals surface area contributed by atoms with Gasteiger partial charge < -0.3 is 9.47 Å². The number of morpholine rings is 1. The molecule has 116 valence electrons.